The molecule has 0 rings (SSSR count). The highest BCUT2D eigenvalue weighted by Crippen LogP contribution is 1.63. The Morgan fingerprint density at radius 2 is 1.17 bits per heavy atom. The van der Waals surface area contributed by atoms with E-state index in [4.69, 9.17) is 35.1 Å². The molecule has 0 bridgehead atoms. The highest BCUT2D eigenvalue weighted by Gasteiger charge is 2.01. The predicted molar refractivity (Wildman–Crippen MR) is 84.4 cm³/mol. The molecule has 0 heterocycles. The van der Waals surface area contributed by atoms with E-state index in [9.17, 15) is 0 Å². The molecule has 5 nitrogen and oxygen atoms in total. The molecule has 0 aromatic rings. The van der Waals surface area contributed by atoms with E-state index in [2.05, 4.69) is 24.7 Å². The molecule has 5 heteroatoms. The maximum atomic E-state index is 4.85. The van der Waals surface area contributed by atoms with Gasteiger partial charge in [-0.1, -0.05) is 41.0 Å². The quantitative estimate of drug-likeness (QED) is 0.307. The minimum atomic E-state index is -1.43. The molecule has 0 fully saturated rings. The van der Waals surface area contributed by atoms with Crippen LogP contribution in [-0.4, -0.2) is 12.0 Å². The van der Waals surface area contributed by atoms with E-state index < -0.39 is 12.0 Å². The van der Waals surface area contributed by atoms with Crippen LogP contribution in [0.4, 0.5) is 0 Å². The third kappa shape index (κ3) is 131. The van der Waals surface area contributed by atoms with Crippen molar-refractivity contribution in [2.75, 3.05) is 0 Å². The van der Waals surface area contributed by atoms with E-state index in [1.54, 1.807) is 0 Å². The topological polar surface area (TPSA) is 130 Å². The maximum absolute atomic E-state index is 4.85. The molecule has 10 N–H and O–H groups in total. The summed E-state index contributed by atoms with van der Waals surface area (Å²) in [5.74, 6) is 5.02. The first-order valence-electron chi connectivity index (χ1n) is 4.00. The zero-order valence-corrected chi connectivity index (χ0v) is 8.90. The van der Waals surface area contributed by atoms with Crippen molar-refractivity contribution in [2.45, 2.75) is 47.6 Å². The highest BCUT2D eigenvalue weighted by molar-refractivity contribution is 5.02. The van der Waals surface area contributed by atoms with E-state index >= 15 is 0 Å². The molecule has 0 aliphatic heterocycles. The lowest BCUT2D eigenvalue weighted by molar-refractivity contribution is 0.607. The van der Waals surface area contributed by atoms with Gasteiger partial charge in [-0.15, -0.1) is 25.2 Å². The molecule has 0 atom stereocenters. The number of hydrogen-bond donors (Lipinski definition) is 5. The molecular weight excluding hydrogens is 226 g/mol. The Morgan fingerprint density at radius 3 is 1.17 bits per heavy atom. The molecule has 0 aliphatic carbocycles. The van der Waals surface area contributed by atoms with Gasteiger partial charge in [0.25, 0.3) is 0 Å². The van der Waals surface area contributed by atoms with Gasteiger partial charge in [0.05, 0.1) is 0 Å². The van der Waals surface area contributed by atoms with Gasteiger partial charge in [0.2, 0.25) is 0 Å². The summed E-state index contributed by atoms with van der Waals surface area (Å²) in [6, 6.07) is 0. The standard InChI is InChI=1S/C4H6.C3H7N3.C3H6N2.3CH4/c1-3-4-2;1-2-3(4,5)6;1-2-3(4)5;;;/h1H,4H2,2H3;1H,4-6H2;1,3H,4-5H2;3*1H4. The summed E-state index contributed by atoms with van der Waals surface area (Å²) in [5, 5.41) is 0. The van der Waals surface area contributed by atoms with Crippen LogP contribution < -0.4 is 28.7 Å². The van der Waals surface area contributed by atoms with Crippen molar-refractivity contribution in [3.63, 3.8) is 0 Å². The van der Waals surface area contributed by atoms with Crippen LogP contribution in [0.1, 0.15) is 35.6 Å². The largest absolute Gasteiger partial charge is 0.306 e. The fourth-order valence-electron chi connectivity index (χ4n) is 0. The van der Waals surface area contributed by atoms with Crippen molar-refractivity contribution in [1.82, 2.24) is 0 Å². The first-order valence-corrected chi connectivity index (χ1v) is 4.00. The van der Waals surface area contributed by atoms with Crippen molar-refractivity contribution in [1.29, 1.82) is 0 Å². The van der Waals surface area contributed by atoms with E-state index in [0.29, 0.717) is 0 Å². The Kier molecular flexibility index (Phi) is 49.2. The Morgan fingerprint density at radius 1 is 1.00 bits per heavy atom. The molecule has 0 unspecified atom stereocenters. The summed E-state index contributed by atoms with van der Waals surface area (Å²) < 4.78 is 0. The molecule has 0 saturated carbocycles. The third-order valence-corrected chi connectivity index (χ3v) is 0.647. The fourth-order valence-corrected chi connectivity index (χ4v) is 0. The molecule has 0 aromatic carbocycles. The van der Waals surface area contributed by atoms with Crippen LogP contribution in [0.3, 0.4) is 0 Å². The Bertz CT molecular complexity index is 245. The molecule has 0 saturated heterocycles. The van der Waals surface area contributed by atoms with E-state index in [1.165, 1.54) is 0 Å². The van der Waals surface area contributed by atoms with Gasteiger partial charge >= 0.3 is 0 Å². The monoisotopic (exact) mass is 257 g/mol. The molecule has 0 aromatic heterocycles. The van der Waals surface area contributed by atoms with E-state index in [-0.39, 0.29) is 22.3 Å². The lowest BCUT2D eigenvalue weighted by atomic mass is 10.4. The van der Waals surface area contributed by atoms with Crippen LogP contribution in [0.15, 0.2) is 0 Å². The number of nitrogens with two attached hydrogens (primary N) is 5. The van der Waals surface area contributed by atoms with E-state index in [1.807, 2.05) is 12.8 Å². The van der Waals surface area contributed by atoms with Crippen LogP contribution in [0, 0.1) is 37.0 Å². The predicted octanol–water partition coefficient (Wildman–Crippen LogP) is -0.0495. The number of rotatable bonds is 0. The Balaban J connectivity index is -0.0000000282. The normalized spacial score (nSPS) is 6.67. The minimum Gasteiger partial charge on any atom is -0.306 e. The van der Waals surface area contributed by atoms with Crippen LogP contribution in [0.5, 0.6) is 0 Å². The van der Waals surface area contributed by atoms with Gasteiger partial charge in [-0.2, -0.15) is 0 Å². The lowest BCUT2D eigenvalue weighted by Crippen LogP contribution is -2.56. The second-order valence-corrected chi connectivity index (χ2v) is 2.33. The van der Waals surface area contributed by atoms with Gasteiger partial charge in [-0.05, 0) is 0 Å². The van der Waals surface area contributed by atoms with Gasteiger partial charge < -0.3 is 11.5 Å². The first-order chi connectivity index (χ1) is 6.74. The molecule has 108 valence electrons. The van der Waals surface area contributed by atoms with Crippen molar-refractivity contribution < 1.29 is 0 Å². The Labute approximate surface area is 114 Å². The molecule has 0 radical (unpaired) electrons. The molecular formula is C13H31N5. The number of terminal acetylenes is 3. The van der Waals surface area contributed by atoms with Gasteiger partial charge in [-0.3, -0.25) is 17.2 Å². The van der Waals surface area contributed by atoms with Gasteiger partial charge in [0, 0.05) is 6.42 Å². The average Bonchev–Trinajstić information content (AvgIpc) is 2.18. The zero-order valence-electron chi connectivity index (χ0n) is 8.90. The van der Waals surface area contributed by atoms with Crippen LogP contribution in [0.2, 0.25) is 0 Å². The van der Waals surface area contributed by atoms with Crippen molar-refractivity contribution in [3.8, 4) is 37.0 Å². The summed E-state index contributed by atoms with van der Waals surface area (Å²) in [5.41, 5.74) is 24.2. The number of hydrogen-bond acceptors (Lipinski definition) is 5. The Hall–Kier alpha value is -1.52. The second kappa shape index (κ2) is 24.6. The van der Waals surface area contributed by atoms with Crippen molar-refractivity contribution >= 4 is 0 Å². The van der Waals surface area contributed by atoms with Gasteiger partial charge in [0.1, 0.15) is 6.17 Å². The SMILES string of the molecule is C.C.C.C#CC(N)(N)N.C#CC(N)N.C#CCC. The lowest BCUT2D eigenvalue weighted by Gasteiger charge is -2.06. The summed E-state index contributed by atoms with van der Waals surface area (Å²) in [6.45, 7) is 1.94. The minimum absolute atomic E-state index is 0. The maximum Gasteiger partial charge on any atom is 0.180 e. The molecule has 18 heavy (non-hydrogen) atoms. The summed E-state index contributed by atoms with van der Waals surface area (Å²) in [6.07, 6.45) is 14.4. The zero-order chi connectivity index (χ0) is 12.9. The van der Waals surface area contributed by atoms with Crippen LogP contribution >= 0.6 is 0 Å². The van der Waals surface area contributed by atoms with Crippen molar-refractivity contribution in [3.05, 3.63) is 0 Å². The first kappa shape index (κ1) is 36.0. The molecule has 0 spiro atoms. The summed E-state index contributed by atoms with van der Waals surface area (Å²) in [4.78, 5) is 0. The van der Waals surface area contributed by atoms with Crippen molar-refractivity contribution in [2.24, 2.45) is 28.7 Å². The smallest absolute Gasteiger partial charge is 0.180 e. The van der Waals surface area contributed by atoms with Gasteiger partial charge in [-0.25, -0.2) is 0 Å². The van der Waals surface area contributed by atoms with Crippen LogP contribution in [-0.2, 0) is 0 Å². The average molecular weight is 257 g/mol. The highest BCUT2D eigenvalue weighted by atomic mass is 15.1. The summed E-state index contributed by atoms with van der Waals surface area (Å²) in [7, 11) is 0. The summed E-state index contributed by atoms with van der Waals surface area (Å²) >= 11 is 0. The molecule has 0 aliphatic rings. The van der Waals surface area contributed by atoms with Crippen LogP contribution in [0.25, 0.3) is 0 Å². The second-order valence-electron chi connectivity index (χ2n) is 2.33. The third-order valence-electron chi connectivity index (χ3n) is 0.647. The van der Waals surface area contributed by atoms with E-state index in [0.717, 1.165) is 6.42 Å². The molecule has 0 amide bonds. The van der Waals surface area contributed by atoms with Gasteiger partial charge in [0.15, 0.2) is 5.79 Å². The fraction of sp³-hybridized carbons (Fsp3) is 0.538.